The first-order chi connectivity index (χ1) is 8.04. The molecule has 1 aliphatic heterocycles. The third kappa shape index (κ3) is 2.73. The van der Waals surface area contributed by atoms with Gasteiger partial charge in [-0.05, 0) is 23.8 Å². The highest BCUT2D eigenvalue weighted by Gasteiger charge is 2.20. The Morgan fingerprint density at radius 3 is 2.94 bits per heavy atom. The van der Waals surface area contributed by atoms with Crippen LogP contribution in [-0.4, -0.2) is 23.4 Å². The number of fused-ring (bicyclic) bond motifs is 1. The Kier molecular flexibility index (Phi) is 2.97. The molecule has 6 nitrogen and oxygen atoms in total. The van der Waals surface area contributed by atoms with E-state index >= 15 is 0 Å². The van der Waals surface area contributed by atoms with Gasteiger partial charge in [-0.25, -0.2) is 5.01 Å². The highest BCUT2D eigenvalue weighted by Crippen LogP contribution is 2.28. The van der Waals surface area contributed by atoms with E-state index in [4.69, 9.17) is 10.5 Å². The Morgan fingerprint density at radius 1 is 1.53 bits per heavy atom. The number of hydrazine groups is 1. The van der Waals surface area contributed by atoms with Gasteiger partial charge in [-0.3, -0.25) is 9.59 Å². The summed E-state index contributed by atoms with van der Waals surface area (Å²) in [6, 6.07) is 5.26. The van der Waals surface area contributed by atoms with Crippen LogP contribution < -0.4 is 15.9 Å². The van der Waals surface area contributed by atoms with Crippen LogP contribution in [0.4, 0.5) is 5.69 Å². The molecule has 0 aliphatic carbocycles. The van der Waals surface area contributed by atoms with E-state index in [1.54, 1.807) is 23.2 Å². The van der Waals surface area contributed by atoms with E-state index in [1.165, 1.54) is 6.92 Å². The topological polar surface area (TPSA) is 84.7 Å². The average molecular weight is 235 g/mol. The van der Waals surface area contributed by atoms with Crippen molar-refractivity contribution in [3.05, 3.63) is 23.8 Å². The molecule has 0 aromatic heterocycles. The van der Waals surface area contributed by atoms with Crippen molar-refractivity contribution in [2.24, 2.45) is 5.73 Å². The molecule has 2 rings (SSSR count). The highest BCUT2D eigenvalue weighted by atomic mass is 16.5. The third-order valence-electron chi connectivity index (χ3n) is 2.32. The summed E-state index contributed by atoms with van der Waals surface area (Å²) >= 11 is 0. The first-order valence-electron chi connectivity index (χ1n) is 5.16. The van der Waals surface area contributed by atoms with Crippen molar-refractivity contribution >= 4 is 17.6 Å². The predicted octanol–water partition coefficient (Wildman–Crippen LogP) is 0.240. The van der Waals surface area contributed by atoms with Gasteiger partial charge in [0.05, 0.1) is 12.2 Å². The Morgan fingerprint density at radius 2 is 2.29 bits per heavy atom. The maximum Gasteiger partial charge on any atom is 0.308 e. The van der Waals surface area contributed by atoms with Crippen molar-refractivity contribution in [3.63, 3.8) is 0 Å². The van der Waals surface area contributed by atoms with Crippen molar-refractivity contribution in [3.8, 4) is 5.75 Å². The lowest BCUT2D eigenvalue weighted by atomic mass is 10.2. The van der Waals surface area contributed by atoms with Gasteiger partial charge in [0.15, 0.2) is 0 Å². The minimum absolute atomic E-state index is 0.136. The van der Waals surface area contributed by atoms with E-state index in [-0.39, 0.29) is 12.5 Å². The summed E-state index contributed by atoms with van der Waals surface area (Å²) < 4.78 is 4.98. The second kappa shape index (κ2) is 4.42. The standard InChI is InChI=1S/C11H13N3O3/c1-7(15)17-9-2-3-10-8(4-9)5-14(13-10)6-11(12)16/h2-4,13H,5-6H2,1H3,(H2,12,16). The molecular formula is C11H13N3O3. The monoisotopic (exact) mass is 235 g/mol. The lowest BCUT2D eigenvalue weighted by Gasteiger charge is -2.12. The summed E-state index contributed by atoms with van der Waals surface area (Å²) in [4.78, 5) is 21.6. The molecule has 90 valence electrons. The maximum atomic E-state index is 10.8. The maximum absolute atomic E-state index is 10.8. The van der Waals surface area contributed by atoms with Gasteiger partial charge in [0.1, 0.15) is 5.75 Å². The second-order valence-electron chi connectivity index (χ2n) is 3.85. The quantitative estimate of drug-likeness (QED) is 0.579. The molecule has 0 saturated heterocycles. The zero-order valence-electron chi connectivity index (χ0n) is 9.40. The molecule has 1 aliphatic rings. The fraction of sp³-hybridized carbons (Fsp3) is 0.273. The number of benzene rings is 1. The van der Waals surface area contributed by atoms with Crippen LogP contribution in [0.1, 0.15) is 12.5 Å². The number of esters is 1. The molecule has 0 radical (unpaired) electrons. The molecule has 0 saturated carbocycles. The Labute approximate surface area is 98.3 Å². The summed E-state index contributed by atoms with van der Waals surface area (Å²) in [5.74, 6) is -0.255. The molecule has 1 heterocycles. The van der Waals surface area contributed by atoms with Gasteiger partial charge in [-0.1, -0.05) is 0 Å². The van der Waals surface area contributed by atoms with Crippen LogP contribution >= 0.6 is 0 Å². The highest BCUT2D eigenvalue weighted by molar-refractivity contribution is 5.76. The van der Waals surface area contributed by atoms with Crippen LogP contribution in [0.3, 0.4) is 0 Å². The number of nitrogens with one attached hydrogen (secondary N) is 1. The number of nitrogens with zero attached hydrogens (tertiary/aromatic N) is 1. The largest absolute Gasteiger partial charge is 0.427 e. The van der Waals surface area contributed by atoms with Gasteiger partial charge in [-0.2, -0.15) is 0 Å². The Balaban J connectivity index is 2.10. The molecule has 0 unspecified atom stereocenters. The molecule has 1 aromatic rings. The lowest BCUT2D eigenvalue weighted by molar-refractivity contribution is -0.131. The van der Waals surface area contributed by atoms with Gasteiger partial charge in [-0.15, -0.1) is 0 Å². The van der Waals surface area contributed by atoms with E-state index in [0.717, 1.165) is 11.3 Å². The van der Waals surface area contributed by atoms with Gasteiger partial charge < -0.3 is 15.9 Å². The Bertz CT molecular complexity index is 473. The van der Waals surface area contributed by atoms with Crippen LogP contribution in [0.15, 0.2) is 18.2 Å². The molecule has 17 heavy (non-hydrogen) atoms. The average Bonchev–Trinajstić information content (AvgIpc) is 2.56. The summed E-state index contributed by atoms with van der Waals surface area (Å²) in [7, 11) is 0. The van der Waals surface area contributed by atoms with Gasteiger partial charge >= 0.3 is 5.97 Å². The van der Waals surface area contributed by atoms with Gasteiger partial charge in [0.25, 0.3) is 0 Å². The van der Waals surface area contributed by atoms with Crippen LogP contribution in [0.25, 0.3) is 0 Å². The lowest BCUT2D eigenvalue weighted by Crippen LogP contribution is -2.33. The molecule has 1 amide bonds. The predicted molar refractivity (Wildman–Crippen MR) is 61.0 cm³/mol. The summed E-state index contributed by atoms with van der Waals surface area (Å²) in [5, 5.41) is 1.70. The fourth-order valence-corrected chi connectivity index (χ4v) is 1.74. The van der Waals surface area contributed by atoms with Crippen LogP contribution in [0, 0.1) is 0 Å². The smallest absolute Gasteiger partial charge is 0.308 e. The molecule has 1 aromatic carbocycles. The summed E-state index contributed by atoms with van der Waals surface area (Å²) in [5.41, 5.74) is 10.0. The second-order valence-corrected chi connectivity index (χ2v) is 3.85. The van der Waals surface area contributed by atoms with Gasteiger partial charge in [0.2, 0.25) is 5.91 Å². The van der Waals surface area contributed by atoms with Crippen LogP contribution in [-0.2, 0) is 16.1 Å². The number of anilines is 1. The molecule has 0 bridgehead atoms. The molecular weight excluding hydrogens is 222 g/mol. The van der Waals surface area contributed by atoms with E-state index in [0.29, 0.717) is 12.3 Å². The van der Waals surface area contributed by atoms with Crippen molar-refractivity contribution in [2.45, 2.75) is 13.5 Å². The summed E-state index contributed by atoms with van der Waals surface area (Å²) in [6.45, 7) is 2.04. The number of nitrogens with two attached hydrogens (primary N) is 1. The molecule has 0 atom stereocenters. The third-order valence-corrected chi connectivity index (χ3v) is 2.32. The molecule has 0 spiro atoms. The number of rotatable bonds is 3. The zero-order valence-corrected chi connectivity index (χ0v) is 9.40. The normalized spacial score (nSPS) is 13.9. The van der Waals surface area contributed by atoms with Crippen molar-refractivity contribution in [1.82, 2.24) is 5.01 Å². The number of primary amides is 1. The SMILES string of the molecule is CC(=O)Oc1ccc2c(c1)CN(CC(N)=O)N2. The number of carbonyl (C=O) groups excluding carboxylic acids is 2. The number of hydrogen-bond donors (Lipinski definition) is 2. The zero-order chi connectivity index (χ0) is 12.4. The summed E-state index contributed by atoms with van der Waals surface area (Å²) in [6.07, 6.45) is 0. The van der Waals surface area contributed by atoms with E-state index in [2.05, 4.69) is 5.43 Å². The fourth-order valence-electron chi connectivity index (χ4n) is 1.74. The van der Waals surface area contributed by atoms with E-state index in [1.807, 2.05) is 0 Å². The number of amides is 1. The van der Waals surface area contributed by atoms with Gasteiger partial charge in [0, 0.05) is 13.5 Å². The van der Waals surface area contributed by atoms with E-state index in [9.17, 15) is 9.59 Å². The first-order valence-corrected chi connectivity index (χ1v) is 5.16. The van der Waals surface area contributed by atoms with Crippen molar-refractivity contribution < 1.29 is 14.3 Å². The van der Waals surface area contributed by atoms with Crippen LogP contribution in [0.5, 0.6) is 5.75 Å². The van der Waals surface area contributed by atoms with Crippen molar-refractivity contribution in [2.75, 3.05) is 12.0 Å². The first kappa shape index (κ1) is 11.4. The van der Waals surface area contributed by atoms with Crippen molar-refractivity contribution in [1.29, 1.82) is 0 Å². The number of carbonyl (C=O) groups is 2. The van der Waals surface area contributed by atoms with E-state index < -0.39 is 5.91 Å². The number of ether oxygens (including phenoxy) is 1. The number of hydrogen-bond acceptors (Lipinski definition) is 5. The molecule has 3 N–H and O–H groups in total. The molecule has 6 heteroatoms. The minimum Gasteiger partial charge on any atom is -0.427 e. The molecule has 0 fully saturated rings. The Hall–Kier alpha value is -2.08. The van der Waals surface area contributed by atoms with Crippen LogP contribution in [0.2, 0.25) is 0 Å². The minimum atomic E-state index is -0.398.